The Bertz CT molecular complexity index is 106. The van der Waals surface area contributed by atoms with Gasteiger partial charge >= 0.3 is 118 Å². The fourth-order valence-corrected chi connectivity index (χ4v) is 0. The molecule has 0 radical (unpaired) electrons. The molecule has 0 atom stereocenters. The van der Waals surface area contributed by atoms with Crippen molar-refractivity contribution >= 4 is 10.4 Å². The summed E-state index contributed by atoms with van der Waals surface area (Å²) in [5.74, 6) is 0. The fourth-order valence-electron chi connectivity index (χ4n) is 0. The largest absolute Gasteiger partial charge is 1.00 e. The van der Waals surface area contributed by atoms with Crippen LogP contribution in [0.4, 0.5) is 0 Å². The Morgan fingerprint density at radius 3 is 0.818 bits per heavy atom. The molecule has 0 aromatic rings. The van der Waals surface area contributed by atoms with Gasteiger partial charge < -0.3 is 22.9 Å². The first-order valence-electron chi connectivity index (χ1n) is 0.667. The van der Waals surface area contributed by atoms with Gasteiger partial charge in [-0.1, -0.05) is 0 Å². The van der Waals surface area contributed by atoms with Crippen LogP contribution in [0.1, 0.15) is 2.85 Å². The molecule has 0 aliphatic heterocycles. The first kappa shape index (κ1) is 46.3. The number of hydrogen-bond donors (Lipinski definition) is 0. The first-order chi connectivity index (χ1) is 2.00. The summed E-state index contributed by atoms with van der Waals surface area (Å²) in [6, 6.07) is 0. The molecule has 0 unspecified atom stereocenters. The molecule has 0 saturated heterocycles. The molecule has 0 saturated carbocycles. The second-order valence-corrected chi connectivity index (χ2v) is 1.22. The normalized spacial score (nSPS) is 5.27. The third-order valence-electron chi connectivity index (χ3n) is 0. The zero-order valence-electron chi connectivity index (χ0n) is 9.04. The van der Waals surface area contributed by atoms with E-state index >= 15 is 0 Å². The van der Waals surface area contributed by atoms with Crippen LogP contribution in [0.3, 0.4) is 0 Å². The van der Waals surface area contributed by atoms with Crippen LogP contribution < -0.4 is 118 Å². The van der Waals surface area contributed by atoms with E-state index in [2.05, 4.69) is 0 Å². The maximum Gasteiger partial charge on any atom is 1.00 e. The summed E-state index contributed by atoms with van der Waals surface area (Å²) in [5.41, 5.74) is 0. The molecule has 11 heteroatoms. The Morgan fingerprint density at radius 1 is 0.818 bits per heavy atom. The summed E-state index contributed by atoms with van der Waals surface area (Å²) in [6.07, 6.45) is 0. The van der Waals surface area contributed by atoms with Gasteiger partial charge in [-0.15, -0.1) is 0 Å². The zero-order valence-corrected chi connectivity index (χ0v) is 15.9. The predicted octanol–water partition coefficient (Wildman–Crippen LogP) is -14.7. The van der Waals surface area contributed by atoms with E-state index in [1.165, 1.54) is 0 Å². The summed E-state index contributed by atoms with van der Waals surface area (Å²) >= 11 is 0. The molecule has 0 rings (SSSR count). The minimum atomic E-state index is -5.17. The molecule has 0 aromatic heterocycles. The summed E-state index contributed by atoms with van der Waals surface area (Å²) in [5, 5.41) is 0. The van der Waals surface area contributed by atoms with Gasteiger partial charge in [0.15, 0.2) is 0 Å². The molecule has 52 valence electrons. The van der Waals surface area contributed by atoms with Crippen LogP contribution in [0.25, 0.3) is 0 Å². The molecule has 0 spiro atoms. The van der Waals surface area contributed by atoms with E-state index in [0.717, 1.165) is 0 Å². The topological polar surface area (TPSA) is 143 Å². The van der Waals surface area contributed by atoms with E-state index in [1.54, 1.807) is 0 Å². The average molecular weight is 226 g/mol. The SMILES string of the molecule is O.O.O=S(=O)([O-])[O-].[H-].[H-].[Na+].[Na+].[Na+].[Na+]. The minimum absolute atomic E-state index is 0. The Balaban J connectivity index is -0.00000000286. The Hall–Kier alpha value is 3.79. The van der Waals surface area contributed by atoms with Crippen molar-refractivity contribution in [1.29, 1.82) is 0 Å². The third kappa shape index (κ3) is 133. The van der Waals surface area contributed by atoms with E-state index in [-0.39, 0.29) is 132 Å². The van der Waals surface area contributed by atoms with Gasteiger partial charge in [0.2, 0.25) is 0 Å². The van der Waals surface area contributed by atoms with Gasteiger partial charge in [-0.25, -0.2) is 0 Å². The van der Waals surface area contributed by atoms with Crippen molar-refractivity contribution in [3.05, 3.63) is 0 Å². The standard InChI is InChI=1S/4Na.H2O4S.2H2O.2H/c;;;;1-5(2,3)4;;;;/h;;;;(H2,1,2,3,4);2*1H2;;/q4*+1;;;;2*-1/p-2. The molecule has 0 amide bonds. The predicted molar refractivity (Wildman–Crippen MR) is 19.9 cm³/mol. The van der Waals surface area contributed by atoms with E-state index in [0.29, 0.717) is 0 Å². The van der Waals surface area contributed by atoms with Crippen LogP contribution in [0, 0.1) is 0 Å². The minimum Gasteiger partial charge on any atom is -1.00 e. The van der Waals surface area contributed by atoms with Crippen LogP contribution in [0.5, 0.6) is 0 Å². The molecule has 0 fully saturated rings. The van der Waals surface area contributed by atoms with E-state index in [9.17, 15) is 0 Å². The molecule has 0 aromatic carbocycles. The monoisotopic (exact) mass is 226 g/mol. The van der Waals surface area contributed by atoms with Crippen molar-refractivity contribution in [3.8, 4) is 0 Å². The number of hydrogen-bond acceptors (Lipinski definition) is 4. The number of rotatable bonds is 0. The van der Waals surface area contributed by atoms with Gasteiger partial charge in [-0.3, -0.25) is 8.42 Å². The fraction of sp³-hybridized carbons (Fsp3) is 0. The van der Waals surface area contributed by atoms with Crippen molar-refractivity contribution in [1.82, 2.24) is 0 Å². The Labute approximate surface area is 157 Å². The van der Waals surface area contributed by atoms with Gasteiger partial charge in [-0.2, -0.15) is 0 Å². The van der Waals surface area contributed by atoms with Gasteiger partial charge in [0.05, 0.1) is 0 Å². The second-order valence-electron chi connectivity index (χ2n) is 0.408. The van der Waals surface area contributed by atoms with Crippen molar-refractivity contribution in [2.75, 3.05) is 0 Å². The van der Waals surface area contributed by atoms with Crippen LogP contribution in [0.15, 0.2) is 0 Å². The van der Waals surface area contributed by atoms with E-state index in [4.69, 9.17) is 17.5 Å². The van der Waals surface area contributed by atoms with Crippen LogP contribution in [0.2, 0.25) is 0 Å². The molecule has 0 aliphatic rings. The van der Waals surface area contributed by atoms with Crippen LogP contribution in [-0.4, -0.2) is 28.5 Å². The average Bonchev–Trinajstić information content (AvgIpc) is 0.722. The Morgan fingerprint density at radius 2 is 0.818 bits per heavy atom. The first-order valence-corrected chi connectivity index (χ1v) is 2.00. The maximum absolute atomic E-state index is 8.52. The van der Waals surface area contributed by atoms with Crippen LogP contribution in [-0.2, 0) is 10.4 Å². The Kier molecular flexibility index (Phi) is 99.2. The summed E-state index contributed by atoms with van der Waals surface area (Å²) in [7, 11) is -5.17. The van der Waals surface area contributed by atoms with Gasteiger partial charge in [0.25, 0.3) is 0 Å². The van der Waals surface area contributed by atoms with Gasteiger partial charge in [0, 0.05) is 10.4 Å². The smallest absolute Gasteiger partial charge is 1.00 e. The van der Waals surface area contributed by atoms with Crippen molar-refractivity contribution in [3.63, 3.8) is 0 Å². The summed E-state index contributed by atoms with van der Waals surface area (Å²) < 4.78 is 34.1. The maximum atomic E-state index is 8.52. The molecule has 11 heavy (non-hydrogen) atoms. The molecule has 0 aliphatic carbocycles. The quantitative estimate of drug-likeness (QED) is 0.229. The molecule has 6 nitrogen and oxygen atoms in total. The molecule has 4 N–H and O–H groups in total. The van der Waals surface area contributed by atoms with Gasteiger partial charge in [-0.05, 0) is 0 Å². The molecular weight excluding hydrogens is 220 g/mol. The molecule has 0 bridgehead atoms. The van der Waals surface area contributed by atoms with Crippen molar-refractivity contribution in [2.45, 2.75) is 0 Å². The van der Waals surface area contributed by atoms with Gasteiger partial charge in [0.1, 0.15) is 0 Å². The van der Waals surface area contributed by atoms with E-state index < -0.39 is 10.4 Å². The summed E-state index contributed by atoms with van der Waals surface area (Å²) in [6.45, 7) is 0. The van der Waals surface area contributed by atoms with Crippen LogP contribution >= 0.6 is 0 Å². The third-order valence-corrected chi connectivity index (χ3v) is 0. The van der Waals surface area contributed by atoms with Crippen molar-refractivity contribution in [2.24, 2.45) is 0 Å². The van der Waals surface area contributed by atoms with E-state index in [1.807, 2.05) is 0 Å². The van der Waals surface area contributed by atoms with Crippen molar-refractivity contribution < 1.29 is 150 Å². The molecule has 0 heterocycles. The second kappa shape index (κ2) is 23.5. The summed E-state index contributed by atoms with van der Waals surface area (Å²) in [4.78, 5) is 0. The zero-order chi connectivity index (χ0) is 4.50. The molecular formula is H6Na4O6S.